The standard InChI is InChI=1S/C20H16N2O2/c1-12-8-15-7-6-14(11-21)10-17(15)18(9-12)22-20(24)16-4-3-5-19(23)13(16)2/h3-10,23H,1-2H3,(H,22,24). The van der Waals surface area contributed by atoms with Crippen molar-refractivity contribution < 1.29 is 9.90 Å². The quantitative estimate of drug-likeness (QED) is 0.741. The van der Waals surface area contributed by atoms with Gasteiger partial charge in [-0.05, 0) is 55.1 Å². The Labute approximate surface area is 140 Å². The number of amides is 1. The summed E-state index contributed by atoms with van der Waals surface area (Å²) < 4.78 is 0. The van der Waals surface area contributed by atoms with Gasteiger partial charge in [-0.15, -0.1) is 0 Å². The van der Waals surface area contributed by atoms with Crippen molar-refractivity contribution in [2.75, 3.05) is 5.32 Å². The van der Waals surface area contributed by atoms with E-state index in [-0.39, 0.29) is 11.7 Å². The summed E-state index contributed by atoms with van der Waals surface area (Å²) in [6, 6.07) is 16.2. The molecule has 0 spiro atoms. The third kappa shape index (κ3) is 2.80. The topological polar surface area (TPSA) is 73.1 Å². The summed E-state index contributed by atoms with van der Waals surface area (Å²) >= 11 is 0. The molecule has 0 heterocycles. The SMILES string of the molecule is Cc1cc(NC(=O)c2cccc(O)c2C)c2cc(C#N)ccc2c1. The molecule has 2 N–H and O–H groups in total. The second-order valence-corrected chi connectivity index (χ2v) is 5.76. The Hall–Kier alpha value is -3.32. The van der Waals surface area contributed by atoms with E-state index in [1.807, 2.05) is 25.1 Å². The number of phenols is 1. The molecule has 0 radical (unpaired) electrons. The molecule has 0 fully saturated rings. The molecule has 1 amide bonds. The fourth-order valence-electron chi connectivity index (χ4n) is 2.74. The number of rotatable bonds is 2. The highest BCUT2D eigenvalue weighted by molar-refractivity contribution is 6.10. The average Bonchev–Trinajstić information content (AvgIpc) is 2.56. The van der Waals surface area contributed by atoms with Crippen LogP contribution in [0.15, 0.2) is 48.5 Å². The Bertz CT molecular complexity index is 1000. The van der Waals surface area contributed by atoms with E-state index in [4.69, 9.17) is 5.26 Å². The summed E-state index contributed by atoms with van der Waals surface area (Å²) in [5.41, 5.74) is 3.14. The first-order chi connectivity index (χ1) is 11.5. The molecule has 4 heteroatoms. The number of carbonyl (C=O) groups excluding carboxylic acids is 1. The summed E-state index contributed by atoms with van der Waals surface area (Å²) in [4.78, 5) is 12.6. The van der Waals surface area contributed by atoms with Crippen LogP contribution in [0, 0.1) is 25.2 Å². The number of aryl methyl sites for hydroxylation is 1. The summed E-state index contributed by atoms with van der Waals surface area (Å²) in [5, 5.41) is 23.6. The highest BCUT2D eigenvalue weighted by Crippen LogP contribution is 2.28. The smallest absolute Gasteiger partial charge is 0.256 e. The van der Waals surface area contributed by atoms with Crippen LogP contribution in [0.3, 0.4) is 0 Å². The Morgan fingerprint density at radius 2 is 1.92 bits per heavy atom. The molecule has 118 valence electrons. The molecule has 0 bridgehead atoms. The maximum Gasteiger partial charge on any atom is 0.256 e. The van der Waals surface area contributed by atoms with Crippen LogP contribution in [0.5, 0.6) is 5.75 Å². The van der Waals surface area contributed by atoms with Crippen molar-refractivity contribution in [3.8, 4) is 11.8 Å². The fraction of sp³-hybridized carbons (Fsp3) is 0.100. The predicted molar refractivity (Wildman–Crippen MR) is 94.2 cm³/mol. The zero-order valence-electron chi connectivity index (χ0n) is 13.4. The van der Waals surface area contributed by atoms with Gasteiger partial charge in [-0.1, -0.05) is 18.2 Å². The van der Waals surface area contributed by atoms with Crippen molar-refractivity contribution in [3.63, 3.8) is 0 Å². The van der Waals surface area contributed by atoms with Crippen LogP contribution in [0.4, 0.5) is 5.69 Å². The summed E-state index contributed by atoms with van der Waals surface area (Å²) in [5.74, 6) is -0.207. The lowest BCUT2D eigenvalue weighted by Gasteiger charge is -2.12. The van der Waals surface area contributed by atoms with Crippen molar-refractivity contribution in [3.05, 3.63) is 70.8 Å². The van der Waals surface area contributed by atoms with Gasteiger partial charge >= 0.3 is 0 Å². The van der Waals surface area contributed by atoms with Gasteiger partial charge in [0.25, 0.3) is 5.91 Å². The van der Waals surface area contributed by atoms with Crippen LogP contribution in [0.2, 0.25) is 0 Å². The first-order valence-electron chi connectivity index (χ1n) is 7.54. The normalized spacial score (nSPS) is 10.4. The van der Waals surface area contributed by atoms with E-state index in [1.54, 1.807) is 37.3 Å². The monoisotopic (exact) mass is 316 g/mol. The number of nitrogens with zero attached hydrogens (tertiary/aromatic N) is 1. The first-order valence-corrected chi connectivity index (χ1v) is 7.54. The van der Waals surface area contributed by atoms with Crippen LogP contribution in [0.1, 0.15) is 27.0 Å². The predicted octanol–water partition coefficient (Wildman–Crippen LogP) is 4.29. The summed E-state index contributed by atoms with van der Waals surface area (Å²) in [7, 11) is 0. The van der Waals surface area contributed by atoms with E-state index < -0.39 is 0 Å². The fourth-order valence-corrected chi connectivity index (χ4v) is 2.74. The minimum absolute atomic E-state index is 0.0866. The van der Waals surface area contributed by atoms with Gasteiger partial charge in [-0.2, -0.15) is 5.26 Å². The Morgan fingerprint density at radius 3 is 2.67 bits per heavy atom. The lowest BCUT2D eigenvalue weighted by atomic mass is 10.0. The molecule has 0 atom stereocenters. The van der Waals surface area contributed by atoms with Crippen LogP contribution in [-0.2, 0) is 0 Å². The molecule has 4 nitrogen and oxygen atoms in total. The Morgan fingerprint density at radius 1 is 1.12 bits per heavy atom. The van der Waals surface area contributed by atoms with Crippen molar-refractivity contribution in [1.82, 2.24) is 0 Å². The van der Waals surface area contributed by atoms with E-state index in [1.165, 1.54) is 0 Å². The lowest BCUT2D eigenvalue weighted by molar-refractivity contribution is 0.102. The molecule has 24 heavy (non-hydrogen) atoms. The average molecular weight is 316 g/mol. The number of phenolic OH excluding ortho intramolecular Hbond substituents is 1. The minimum atomic E-state index is -0.294. The first kappa shape index (κ1) is 15.6. The second-order valence-electron chi connectivity index (χ2n) is 5.76. The molecule has 0 unspecified atom stereocenters. The number of benzene rings is 3. The summed E-state index contributed by atoms with van der Waals surface area (Å²) in [6.07, 6.45) is 0. The molecular formula is C20H16N2O2. The number of aromatic hydroxyl groups is 1. The number of anilines is 1. The van der Waals surface area contributed by atoms with Gasteiger partial charge in [-0.25, -0.2) is 0 Å². The van der Waals surface area contributed by atoms with Gasteiger partial charge < -0.3 is 10.4 Å². The molecule has 0 aliphatic rings. The van der Waals surface area contributed by atoms with E-state index in [9.17, 15) is 9.90 Å². The maximum atomic E-state index is 12.6. The van der Waals surface area contributed by atoms with Gasteiger partial charge in [0, 0.05) is 22.2 Å². The molecule has 3 rings (SSSR count). The van der Waals surface area contributed by atoms with Gasteiger partial charge in [0.05, 0.1) is 11.6 Å². The molecule has 0 aliphatic carbocycles. The number of hydrogen-bond donors (Lipinski definition) is 2. The van der Waals surface area contributed by atoms with Crippen LogP contribution < -0.4 is 5.32 Å². The van der Waals surface area contributed by atoms with E-state index in [0.717, 1.165) is 16.3 Å². The third-order valence-corrected chi connectivity index (χ3v) is 4.03. The third-order valence-electron chi connectivity index (χ3n) is 4.03. The molecule has 0 aromatic heterocycles. The number of hydrogen-bond acceptors (Lipinski definition) is 3. The zero-order valence-corrected chi connectivity index (χ0v) is 13.4. The zero-order chi connectivity index (χ0) is 17.3. The number of carbonyl (C=O) groups is 1. The molecule has 0 saturated heterocycles. The minimum Gasteiger partial charge on any atom is -0.508 e. The van der Waals surface area contributed by atoms with Gasteiger partial charge in [0.1, 0.15) is 5.75 Å². The van der Waals surface area contributed by atoms with Crippen molar-refractivity contribution in [2.45, 2.75) is 13.8 Å². The number of fused-ring (bicyclic) bond motifs is 1. The Kier molecular flexibility index (Phi) is 3.93. The maximum absolute atomic E-state index is 12.6. The number of nitrogens with one attached hydrogen (secondary N) is 1. The highest BCUT2D eigenvalue weighted by atomic mass is 16.3. The highest BCUT2D eigenvalue weighted by Gasteiger charge is 2.13. The van der Waals surface area contributed by atoms with Gasteiger partial charge in [0.15, 0.2) is 0 Å². The van der Waals surface area contributed by atoms with Gasteiger partial charge in [-0.3, -0.25) is 4.79 Å². The largest absolute Gasteiger partial charge is 0.508 e. The van der Waals surface area contributed by atoms with E-state index in [2.05, 4.69) is 11.4 Å². The van der Waals surface area contributed by atoms with Crippen LogP contribution in [0.25, 0.3) is 10.8 Å². The number of nitriles is 1. The van der Waals surface area contributed by atoms with Crippen molar-refractivity contribution >= 4 is 22.4 Å². The molecular weight excluding hydrogens is 300 g/mol. The second kappa shape index (κ2) is 6.05. The molecule has 3 aromatic carbocycles. The lowest BCUT2D eigenvalue weighted by Crippen LogP contribution is -2.13. The molecule has 0 saturated carbocycles. The van der Waals surface area contributed by atoms with Crippen molar-refractivity contribution in [1.29, 1.82) is 5.26 Å². The Balaban J connectivity index is 2.08. The molecule has 0 aliphatic heterocycles. The van der Waals surface area contributed by atoms with Gasteiger partial charge in [0.2, 0.25) is 0 Å². The summed E-state index contributed by atoms with van der Waals surface area (Å²) in [6.45, 7) is 3.65. The van der Waals surface area contributed by atoms with Crippen LogP contribution in [-0.4, -0.2) is 11.0 Å². The molecule has 3 aromatic rings. The van der Waals surface area contributed by atoms with Crippen LogP contribution >= 0.6 is 0 Å². The van der Waals surface area contributed by atoms with E-state index >= 15 is 0 Å². The van der Waals surface area contributed by atoms with E-state index in [0.29, 0.717) is 22.4 Å². The van der Waals surface area contributed by atoms with Crippen molar-refractivity contribution in [2.24, 2.45) is 0 Å².